The van der Waals surface area contributed by atoms with Crippen LogP contribution in [0.2, 0.25) is 5.02 Å². The van der Waals surface area contributed by atoms with Crippen LogP contribution in [0.25, 0.3) is 0 Å². The van der Waals surface area contributed by atoms with Crippen molar-refractivity contribution >= 4 is 40.8 Å². The maximum atomic E-state index is 13.4. The average Bonchev–Trinajstić information content (AvgIpc) is 2.92. The SMILES string of the molecule is CC(C)(C)NC(=O)N1CCN(c2ccc(NC(=O)c3ccc(Cl)cc3)cc2C(=O)NCc2ccc(F)cc2)CC1. The summed E-state index contributed by atoms with van der Waals surface area (Å²) in [6.45, 7) is 8.07. The molecule has 1 fully saturated rings. The number of carbonyl (C=O) groups is 3. The molecule has 210 valence electrons. The fraction of sp³-hybridized carbons (Fsp3) is 0.300. The molecule has 0 spiro atoms. The molecule has 3 N–H and O–H groups in total. The summed E-state index contributed by atoms with van der Waals surface area (Å²) in [5, 5.41) is 9.25. The zero-order valence-electron chi connectivity index (χ0n) is 22.8. The van der Waals surface area contributed by atoms with Gasteiger partial charge in [-0.05, 0) is 80.9 Å². The highest BCUT2D eigenvalue weighted by molar-refractivity contribution is 6.30. The second-order valence-corrected chi connectivity index (χ2v) is 11.1. The third-order valence-electron chi connectivity index (χ3n) is 6.36. The Morgan fingerprint density at radius 2 is 1.52 bits per heavy atom. The number of nitrogens with one attached hydrogen (secondary N) is 3. The maximum Gasteiger partial charge on any atom is 0.317 e. The molecule has 4 rings (SSSR count). The lowest BCUT2D eigenvalue weighted by Gasteiger charge is -2.38. The van der Waals surface area contributed by atoms with Crippen molar-refractivity contribution in [3.05, 3.63) is 94.3 Å². The van der Waals surface area contributed by atoms with Gasteiger partial charge in [0.05, 0.1) is 5.56 Å². The smallest absolute Gasteiger partial charge is 0.317 e. The number of amides is 4. The quantitative estimate of drug-likeness (QED) is 0.378. The molecule has 0 bridgehead atoms. The summed E-state index contributed by atoms with van der Waals surface area (Å²) in [6, 6.07) is 17.5. The average molecular weight is 566 g/mol. The van der Waals surface area contributed by atoms with E-state index < -0.39 is 0 Å². The minimum absolute atomic E-state index is 0.121. The van der Waals surface area contributed by atoms with Gasteiger partial charge < -0.3 is 25.8 Å². The summed E-state index contributed by atoms with van der Waals surface area (Å²) in [4.78, 5) is 42.6. The fourth-order valence-electron chi connectivity index (χ4n) is 4.31. The highest BCUT2D eigenvalue weighted by Gasteiger charge is 2.26. The van der Waals surface area contributed by atoms with Crippen LogP contribution in [0.15, 0.2) is 66.7 Å². The second kappa shape index (κ2) is 12.4. The molecule has 0 aliphatic carbocycles. The molecular weight excluding hydrogens is 533 g/mol. The monoisotopic (exact) mass is 565 g/mol. The summed E-state index contributed by atoms with van der Waals surface area (Å²) < 4.78 is 13.3. The molecule has 0 aromatic heterocycles. The van der Waals surface area contributed by atoms with Crippen molar-refractivity contribution in [3.8, 4) is 0 Å². The number of urea groups is 1. The molecular formula is C30H33ClFN5O3. The van der Waals surface area contributed by atoms with Crippen molar-refractivity contribution in [2.75, 3.05) is 36.4 Å². The van der Waals surface area contributed by atoms with Crippen molar-refractivity contribution in [1.82, 2.24) is 15.5 Å². The van der Waals surface area contributed by atoms with Crippen molar-refractivity contribution in [3.63, 3.8) is 0 Å². The first-order chi connectivity index (χ1) is 19.0. The first-order valence-electron chi connectivity index (χ1n) is 13.0. The van der Waals surface area contributed by atoms with E-state index in [4.69, 9.17) is 11.6 Å². The van der Waals surface area contributed by atoms with Gasteiger partial charge in [0, 0.05) is 60.2 Å². The van der Waals surface area contributed by atoms with Gasteiger partial charge in [-0.2, -0.15) is 0 Å². The molecule has 1 saturated heterocycles. The van der Waals surface area contributed by atoms with Crippen molar-refractivity contribution in [2.45, 2.75) is 32.9 Å². The molecule has 40 heavy (non-hydrogen) atoms. The van der Waals surface area contributed by atoms with Gasteiger partial charge in [-0.15, -0.1) is 0 Å². The number of halogens is 2. The molecule has 0 unspecified atom stereocenters. The molecule has 4 amide bonds. The van der Waals surface area contributed by atoms with Gasteiger partial charge in [0.1, 0.15) is 5.82 Å². The van der Waals surface area contributed by atoms with Gasteiger partial charge >= 0.3 is 6.03 Å². The fourth-order valence-corrected chi connectivity index (χ4v) is 4.43. The maximum absolute atomic E-state index is 13.4. The number of piperazine rings is 1. The largest absolute Gasteiger partial charge is 0.367 e. The molecule has 8 nitrogen and oxygen atoms in total. The standard InChI is InChI=1S/C30H33ClFN5O3/c1-30(2,3)35-29(40)37-16-14-36(15-17-37)26-13-12-24(34-27(38)21-6-8-22(31)9-7-21)18-25(26)28(39)33-19-20-4-10-23(32)11-5-20/h4-13,18H,14-17,19H2,1-3H3,(H,33,39)(H,34,38)(H,35,40). The van der Waals surface area contributed by atoms with Crippen molar-refractivity contribution < 1.29 is 18.8 Å². The number of nitrogens with zero attached hydrogens (tertiary/aromatic N) is 2. The molecule has 0 saturated carbocycles. The first-order valence-corrected chi connectivity index (χ1v) is 13.4. The predicted octanol–water partition coefficient (Wildman–Crippen LogP) is 5.29. The Kier molecular flexibility index (Phi) is 8.94. The van der Waals surface area contributed by atoms with E-state index in [1.54, 1.807) is 59.5 Å². The van der Waals surface area contributed by atoms with Crippen LogP contribution in [-0.4, -0.2) is 54.5 Å². The highest BCUT2D eigenvalue weighted by atomic mass is 35.5. The lowest BCUT2D eigenvalue weighted by molar-refractivity contribution is 0.0949. The molecule has 0 atom stereocenters. The molecule has 1 aliphatic rings. The van der Waals surface area contributed by atoms with Gasteiger partial charge in [0.2, 0.25) is 0 Å². The van der Waals surface area contributed by atoms with E-state index in [-0.39, 0.29) is 35.7 Å². The van der Waals surface area contributed by atoms with E-state index in [1.165, 1.54) is 12.1 Å². The number of carbonyl (C=O) groups excluding carboxylic acids is 3. The molecule has 0 radical (unpaired) electrons. The zero-order chi connectivity index (χ0) is 28.9. The molecule has 1 aliphatic heterocycles. The van der Waals surface area contributed by atoms with Crippen LogP contribution in [-0.2, 0) is 6.54 Å². The van der Waals surface area contributed by atoms with Crippen LogP contribution in [0, 0.1) is 5.82 Å². The third-order valence-corrected chi connectivity index (χ3v) is 6.61. The minimum atomic E-state index is -0.350. The summed E-state index contributed by atoms with van der Waals surface area (Å²) in [7, 11) is 0. The summed E-state index contributed by atoms with van der Waals surface area (Å²) in [6.07, 6.45) is 0. The Balaban J connectivity index is 1.53. The van der Waals surface area contributed by atoms with Gasteiger partial charge in [-0.1, -0.05) is 23.7 Å². The van der Waals surface area contributed by atoms with Crippen LogP contribution >= 0.6 is 11.6 Å². The van der Waals surface area contributed by atoms with Crippen LogP contribution in [0.4, 0.5) is 20.6 Å². The van der Waals surface area contributed by atoms with Gasteiger partial charge in [0.15, 0.2) is 0 Å². The lowest BCUT2D eigenvalue weighted by atomic mass is 10.1. The topological polar surface area (TPSA) is 93.8 Å². The Morgan fingerprint density at radius 3 is 2.15 bits per heavy atom. The minimum Gasteiger partial charge on any atom is -0.367 e. The molecule has 3 aromatic carbocycles. The number of hydrogen-bond donors (Lipinski definition) is 3. The molecule has 10 heteroatoms. The van der Waals surface area contributed by atoms with E-state index in [2.05, 4.69) is 20.9 Å². The Bertz CT molecular complexity index is 1370. The van der Waals surface area contributed by atoms with E-state index in [9.17, 15) is 18.8 Å². The Morgan fingerprint density at radius 1 is 0.875 bits per heavy atom. The zero-order valence-corrected chi connectivity index (χ0v) is 23.5. The first kappa shape index (κ1) is 28.9. The van der Waals surface area contributed by atoms with E-state index in [1.807, 2.05) is 20.8 Å². The number of anilines is 2. The predicted molar refractivity (Wildman–Crippen MR) is 155 cm³/mol. The lowest BCUT2D eigenvalue weighted by Crippen LogP contribution is -2.55. The Hall–Kier alpha value is -4.11. The summed E-state index contributed by atoms with van der Waals surface area (Å²) >= 11 is 5.93. The second-order valence-electron chi connectivity index (χ2n) is 10.7. The van der Waals surface area contributed by atoms with Gasteiger partial charge in [-0.3, -0.25) is 9.59 Å². The third kappa shape index (κ3) is 7.72. The highest BCUT2D eigenvalue weighted by Crippen LogP contribution is 2.27. The summed E-state index contributed by atoms with van der Waals surface area (Å²) in [5.41, 5.74) is 2.37. The van der Waals surface area contributed by atoms with Crippen LogP contribution in [0.3, 0.4) is 0 Å². The van der Waals surface area contributed by atoms with Crippen molar-refractivity contribution in [1.29, 1.82) is 0 Å². The Labute approximate surface area is 238 Å². The molecule has 3 aromatic rings. The van der Waals surface area contributed by atoms with E-state index in [0.717, 1.165) is 5.56 Å². The van der Waals surface area contributed by atoms with Gasteiger partial charge in [0.25, 0.3) is 11.8 Å². The van der Waals surface area contributed by atoms with Crippen LogP contribution in [0.1, 0.15) is 47.1 Å². The molecule has 1 heterocycles. The van der Waals surface area contributed by atoms with E-state index >= 15 is 0 Å². The number of rotatable bonds is 6. The van der Waals surface area contributed by atoms with Crippen LogP contribution < -0.4 is 20.9 Å². The number of hydrogen-bond acceptors (Lipinski definition) is 4. The number of benzene rings is 3. The van der Waals surface area contributed by atoms with E-state index in [0.29, 0.717) is 53.7 Å². The van der Waals surface area contributed by atoms with Crippen LogP contribution in [0.5, 0.6) is 0 Å². The van der Waals surface area contributed by atoms with Crippen molar-refractivity contribution in [2.24, 2.45) is 0 Å². The van der Waals surface area contributed by atoms with Gasteiger partial charge in [-0.25, -0.2) is 9.18 Å². The summed E-state index contributed by atoms with van der Waals surface area (Å²) in [5.74, 6) is -1.02. The normalized spacial score (nSPS) is 13.5.